The van der Waals surface area contributed by atoms with Crippen LogP contribution >= 0.6 is 0 Å². The number of carbonyl (C=O) groups excluding carboxylic acids is 2. The van der Waals surface area contributed by atoms with Gasteiger partial charge in [0.1, 0.15) is 0 Å². The summed E-state index contributed by atoms with van der Waals surface area (Å²) in [5, 5.41) is 7.72. The summed E-state index contributed by atoms with van der Waals surface area (Å²) in [6.07, 6.45) is 24.2. The summed E-state index contributed by atoms with van der Waals surface area (Å²) in [6.45, 7) is 4.41. The van der Waals surface area contributed by atoms with Crippen molar-refractivity contribution in [2.75, 3.05) is 0 Å². The molecule has 0 spiro atoms. The van der Waals surface area contributed by atoms with Crippen molar-refractivity contribution in [2.24, 2.45) is 10.2 Å². The second-order valence-corrected chi connectivity index (χ2v) is 8.32. The maximum Gasteiger partial charge on any atom is 0.275 e. The maximum atomic E-state index is 9.60. The number of aromatic nitrogens is 2. The van der Waals surface area contributed by atoms with Crippen LogP contribution in [0.15, 0.2) is 59.3 Å². The van der Waals surface area contributed by atoms with Gasteiger partial charge in [0.15, 0.2) is 0 Å². The molecule has 2 amide bonds. The first-order valence-electron chi connectivity index (χ1n) is 13.1. The normalized spacial score (nSPS) is 10.4. The van der Waals surface area contributed by atoms with E-state index in [0.29, 0.717) is 11.1 Å². The molecule has 2 aromatic rings. The van der Waals surface area contributed by atoms with Crippen LogP contribution in [0.3, 0.4) is 0 Å². The van der Waals surface area contributed by atoms with Gasteiger partial charge in [-0.3, -0.25) is 19.6 Å². The summed E-state index contributed by atoms with van der Waals surface area (Å²) < 4.78 is 0. The number of unbranched alkanes of at least 4 members (excludes halogenated alkanes) is 10. The molecule has 0 saturated carbocycles. The van der Waals surface area contributed by atoms with Crippen LogP contribution in [-0.4, -0.2) is 43.8 Å². The van der Waals surface area contributed by atoms with Crippen molar-refractivity contribution in [2.45, 2.75) is 90.9 Å². The van der Waals surface area contributed by atoms with Crippen LogP contribution in [0.2, 0.25) is 0 Å². The number of hydrogen-bond donors (Lipinski definition) is 0. The first kappa shape index (κ1) is 34.1. The van der Waals surface area contributed by atoms with Gasteiger partial charge in [-0.15, -0.1) is 0 Å². The van der Waals surface area contributed by atoms with Gasteiger partial charge in [0.2, 0.25) is 0 Å². The summed E-state index contributed by atoms with van der Waals surface area (Å²) in [7, 11) is 0. The first-order valence-corrected chi connectivity index (χ1v) is 13.1. The van der Waals surface area contributed by atoms with Gasteiger partial charge < -0.3 is 21.1 Å². The summed E-state index contributed by atoms with van der Waals surface area (Å²) in [6, 6.07) is 6.77. The Morgan fingerprint density at radius 2 is 1.00 bits per heavy atom. The molecule has 0 fully saturated rings. The van der Waals surface area contributed by atoms with Crippen molar-refractivity contribution in [3.63, 3.8) is 0 Å². The zero-order chi connectivity index (χ0) is 26.1. The van der Waals surface area contributed by atoms with Crippen LogP contribution in [-0.2, 0) is 16.5 Å². The maximum absolute atomic E-state index is 9.60. The smallest absolute Gasteiger partial charge is 0.275 e. The Hall–Kier alpha value is -2.93. The van der Waals surface area contributed by atoms with Crippen LogP contribution in [0.5, 0.6) is 0 Å². The molecule has 9 heteroatoms. The molecular weight excluding hydrogens is 511 g/mol. The van der Waals surface area contributed by atoms with Crippen LogP contribution < -0.4 is 0 Å². The van der Waals surface area contributed by atoms with Gasteiger partial charge in [-0.25, -0.2) is 0 Å². The van der Waals surface area contributed by atoms with Crippen LogP contribution in [0, 0.1) is 0 Å². The second-order valence-electron chi connectivity index (χ2n) is 8.32. The van der Waals surface area contributed by atoms with Crippen molar-refractivity contribution in [3.05, 3.63) is 71.0 Å². The first-order chi connectivity index (χ1) is 17.7. The zero-order valence-electron chi connectivity index (χ0n) is 22.2. The standard InChI is InChI=1S/2C14H21N3O.Ni/c2*1-2-3-4-5-6-7-10-16-17-14(18)13-8-11-15-12-9-13;/h2*8-12H,2-7H2,1H3,(H,17,18);/b2*16-10+;. The van der Waals surface area contributed by atoms with Gasteiger partial charge in [0, 0.05) is 41.3 Å². The molecule has 2 aromatic heterocycles. The number of hydrogen-bond acceptors (Lipinski definition) is 4. The van der Waals surface area contributed by atoms with Crippen molar-refractivity contribution < 1.29 is 26.1 Å². The predicted molar refractivity (Wildman–Crippen MR) is 151 cm³/mol. The van der Waals surface area contributed by atoms with Crippen LogP contribution in [0.4, 0.5) is 0 Å². The predicted octanol–water partition coefficient (Wildman–Crippen LogP) is 7.30. The fourth-order valence-corrected chi connectivity index (χ4v) is 3.10. The van der Waals surface area contributed by atoms with E-state index in [4.69, 9.17) is 0 Å². The van der Waals surface area contributed by atoms with Gasteiger partial charge in [-0.05, 0) is 62.4 Å². The van der Waals surface area contributed by atoms with E-state index in [1.807, 2.05) is 0 Å². The minimum atomic E-state index is -0.0698. The topological polar surface area (TPSA) is 122 Å². The third-order valence-electron chi connectivity index (χ3n) is 5.22. The number of rotatable bonds is 16. The van der Waals surface area contributed by atoms with Crippen molar-refractivity contribution >= 4 is 24.2 Å². The third kappa shape index (κ3) is 18.9. The van der Waals surface area contributed by atoms with Gasteiger partial charge in [-0.1, -0.05) is 65.2 Å². The van der Waals surface area contributed by atoms with Gasteiger partial charge in [0.25, 0.3) is 11.8 Å². The fourth-order valence-electron chi connectivity index (χ4n) is 3.10. The average molecular weight is 553 g/mol. The molecule has 8 nitrogen and oxygen atoms in total. The molecule has 37 heavy (non-hydrogen) atoms. The Morgan fingerprint density at radius 3 is 1.35 bits per heavy atom. The number of amides is 2. The van der Waals surface area contributed by atoms with Crippen LogP contribution in [0.25, 0.3) is 10.9 Å². The van der Waals surface area contributed by atoms with E-state index < -0.39 is 0 Å². The Labute approximate surface area is 232 Å². The molecule has 0 unspecified atom stereocenters. The molecule has 2 N–H and O–H groups in total. The van der Waals surface area contributed by atoms with E-state index in [-0.39, 0.29) is 28.3 Å². The Bertz CT molecular complexity index is 805. The molecule has 0 aliphatic heterocycles. The monoisotopic (exact) mass is 552 g/mol. The SMILES string of the molecule is CCCCCCC/C=N/[N-]C(=[OH+])c1ccncc1.CCCCCCC/C=N/[N-]C(=[OH+])c1ccncc1.[Ni]. The molecule has 0 atom stereocenters. The van der Waals surface area contributed by atoms with Crippen molar-refractivity contribution in [1.29, 1.82) is 0 Å². The number of pyridine rings is 2. The summed E-state index contributed by atoms with van der Waals surface area (Å²) in [4.78, 5) is 26.9. The molecule has 206 valence electrons. The largest absolute Gasteiger partial charge is 0.491 e. The molecule has 0 aromatic carbocycles. The molecule has 0 bridgehead atoms. The van der Waals surface area contributed by atoms with Gasteiger partial charge >= 0.3 is 0 Å². The Balaban J connectivity index is 0.000000682. The second kappa shape index (κ2) is 24.8. The fraction of sp³-hybridized carbons (Fsp3) is 0.500. The summed E-state index contributed by atoms with van der Waals surface area (Å²) in [5.41, 5.74) is 8.74. The van der Waals surface area contributed by atoms with Crippen LogP contribution in [0.1, 0.15) is 102 Å². The third-order valence-corrected chi connectivity index (χ3v) is 5.22. The Morgan fingerprint density at radius 1 is 0.649 bits per heavy atom. The molecule has 0 aliphatic carbocycles. The Kier molecular flexibility index (Phi) is 22.8. The zero-order valence-corrected chi connectivity index (χ0v) is 23.1. The van der Waals surface area contributed by atoms with E-state index in [0.717, 1.165) is 25.7 Å². The van der Waals surface area contributed by atoms with E-state index in [2.05, 4.69) is 44.9 Å². The minimum absolute atomic E-state index is 0. The van der Waals surface area contributed by atoms with E-state index >= 15 is 0 Å². The van der Waals surface area contributed by atoms with Crippen molar-refractivity contribution in [1.82, 2.24) is 9.97 Å². The number of nitrogens with zero attached hydrogens (tertiary/aromatic N) is 6. The van der Waals surface area contributed by atoms with Gasteiger partial charge in [-0.2, -0.15) is 0 Å². The minimum Gasteiger partial charge on any atom is -0.491 e. The molecule has 2 heterocycles. The molecule has 0 saturated heterocycles. The van der Waals surface area contributed by atoms with E-state index in [9.17, 15) is 9.59 Å². The molecule has 0 radical (unpaired) electrons. The summed E-state index contributed by atoms with van der Waals surface area (Å²) in [5.74, 6) is -0.140. The van der Waals surface area contributed by atoms with E-state index in [1.54, 1.807) is 61.5 Å². The summed E-state index contributed by atoms with van der Waals surface area (Å²) >= 11 is 0. The van der Waals surface area contributed by atoms with Crippen molar-refractivity contribution in [3.8, 4) is 0 Å². The molecule has 2 rings (SSSR count). The molecule has 0 aliphatic rings. The average Bonchev–Trinajstić information content (AvgIpc) is 2.92. The van der Waals surface area contributed by atoms with Gasteiger partial charge in [0.05, 0.1) is 11.1 Å². The quantitative estimate of drug-likeness (QED) is 0.0712. The molecular formula is C28H42N6NiO2. The van der Waals surface area contributed by atoms with E-state index in [1.165, 1.54) is 51.4 Å².